The van der Waals surface area contributed by atoms with Gasteiger partial charge in [0, 0.05) is 11.6 Å². The lowest BCUT2D eigenvalue weighted by Crippen LogP contribution is -2.44. The number of benzene rings is 1. The minimum atomic E-state index is -0.928. The molecule has 1 aromatic heterocycles. The van der Waals surface area contributed by atoms with Gasteiger partial charge in [-0.05, 0) is 80.8 Å². The summed E-state index contributed by atoms with van der Waals surface area (Å²) in [5.74, 6) is -0.151. The van der Waals surface area contributed by atoms with E-state index in [2.05, 4.69) is 9.97 Å². The Morgan fingerprint density at radius 3 is 1.88 bits per heavy atom. The van der Waals surface area contributed by atoms with Gasteiger partial charge in [0.05, 0.1) is 16.7 Å². The molecule has 0 bridgehead atoms. The van der Waals surface area contributed by atoms with Crippen molar-refractivity contribution in [3.63, 3.8) is 0 Å². The molecule has 1 aliphatic heterocycles. The zero-order valence-electron chi connectivity index (χ0n) is 21.7. The largest absolute Gasteiger partial charge is 0.494 e. The highest BCUT2D eigenvalue weighted by molar-refractivity contribution is 6.62. The highest BCUT2D eigenvalue weighted by Crippen LogP contribution is 2.36. The minimum absolute atomic E-state index is 0.151. The first kappa shape index (κ1) is 25.9. The molecule has 2 heterocycles. The van der Waals surface area contributed by atoms with Crippen LogP contribution in [0.3, 0.4) is 0 Å². The van der Waals surface area contributed by atoms with E-state index in [9.17, 15) is 9.59 Å². The maximum Gasteiger partial charge on any atom is 0.494 e. The number of anilines is 1. The maximum atomic E-state index is 12.9. The van der Waals surface area contributed by atoms with Gasteiger partial charge in [-0.1, -0.05) is 12.1 Å². The first-order chi connectivity index (χ1) is 15.4. The fourth-order valence-electron chi connectivity index (χ4n) is 3.12. The van der Waals surface area contributed by atoms with E-state index in [1.54, 1.807) is 47.6 Å². The van der Waals surface area contributed by atoms with Crippen molar-refractivity contribution in [2.45, 2.75) is 91.6 Å². The van der Waals surface area contributed by atoms with Crippen LogP contribution in [0.25, 0.3) is 10.9 Å². The summed E-state index contributed by atoms with van der Waals surface area (Å²) >= 11 is 0. The number of fused-ring (bicyclic) bond motifs is 1. The highest BCUT2D eigenvalue weighted by Gasteiger charge is 2.51. The molecule has 0 saturated carbocycles. The van der Waals surface area contributed by atoms with Gasteiger partial charge in [-0.3, -0.25) is 0 Å². The monoisotopic (exact) mass is 471 g/mol. The van der Waals surface area contributed by atoms with Crippen LogP contribution in [0.1, 0.15) is 69.2 Å². The molecule has 2 amide bonds. The van der Waals surface area contributed by atoms with E-state index in [0.717, 1.165) is 10.8 Å². The van der Waals surface area contributed by atoms with Crippen LogP contribution in [0.2, 0.25) is 0 Å². The molecule has 9 nitrogen and oxygen atoms in total. The summed E-state index contributed by atoms with van der Waals surface area (Å²) in [6, 6.07) is 5.52. The van der Waals surface area contributed by atoms with E-state index < -0.39 is 41.7 Å². The Morgan fingerprint density at radius 2 is 1.41 bits per heavy atom. The first-order valence-electron chi connectivity index (χ1n) is 11.3. The van der Waals surface area contributed by atoms with Crippen LogP contribution < -0.4 is 10.4 Å². The average Bonchev–Trinajstić information content (AvgIpc) is 2.85. The van der Waals surface area contributed by atoms with Gasteiger partial charge < -0.3 is 18.8 Å². The fourth-order valence-corrected chi connectivity index (χ4v) is 3.12. The van der Waals surface area contributed by atoms with Crippen LogP contribution in [0.5, 0.6) is 0 Å². The molecular formula is C24H34BN3O6. The molecular weight excluding hydrogens is 437 g/mol. The molecule has 1 saturated heterocycles. The molecule has 0 radical (unpaired) electrons. The first-order valence-corrected chi connectivity index (χ1v) is 11.3. The Kier molecular flexibility index (Phi) is 6.47. The number of hydrogen-bond acceptors (Lipinski definition) is 8. The molecule has 0 atom stereocenters. The lowest BCUT2D eigenvalue weighted by Gasteiger charge is -2.32. The third-order valence-corrected chi connectivity index (χ3v) is 5.47. The number of amides is 2. The Labute approximate surface area is 201 Å². The third kappa shape index (κ3) is 5.67. The predicted octanol–water partition coefficient (Wildman–Crippen LogP) is 4.61. The summed E-state index contributed by atoms with van der Waals surface area (Å²) in [5.41, 5.74) is -1.39. The summed E-state index contributed by atoms with van der Waals surface area (Å²) < 4.78 is 23.1. The lowest BCUT2D eigenvalue weighted by molar-refractivity contribution is 0.00578. The van der Waals surface area contributed by atoms with Gasteiger partial charge in [0.2, 0.25) is 5.95 Å². The topological polar surface area (TPSA) is 100 Å². The summed E-state index contributed by atoms with van der Waals surface area (Å²) in [7, 11) is -0.583. The second kappa shape index (κ2) is 8.50. The number of aromatic nitrogens is 2. The van der Waals surface area contributed by atoms with Crippen LogP contribution >= 0.6 is 0 Å². The van der Waals surface area contributed by atoms with Crippen LogP contribution in [0.15, 0.2) is 24.4 Å². The van der Waals surface area contributed by atoms with E-state index in [1.165, 1.54) is 6.20 Å². The maximum absolute atomic E-state index is 12.9. The van der Waals surface area contributed by atoms with E-state index in [0.29, 0.717) is 10.4 Å². The zero-order valence-corrected chi connectivity index (χ0v) is 21.7. The highest BCUT2D eigenvalue weighted by atomic mass is 16.7. The van der Waals surface area contributed by atoms with Crippen molar-refractivity contribution in [3.05, 3.63) is 24.4 Å². The molecule has 1 fully saturated rings. The summed E-state index contributed by atoms with van der Waals surface area (Å²) in [6.07, 6.45) is -0.320. The second-order valence-electron chi connectivity index (χ2n) is 11.4. The molecule has 1 aromatic carbocycles. The van der Waals surface area contributed by atoms with Crippen molar-refractivity contribution in [2.75, 3.05) is 4.90 Å². The summed E-state index contributed by atoms with van der Waals surface area (Å²) in [4.78, 5) is 35.3. The molecule has 34 heavy (non-hydrogen) atoms. The molecule has 0 unspecified atom stereocenters. The van der Waals surface area contributed by atoms with Crippen molar-refractivity contribution < 1.29 is 28.4 Å². The molecule has 1 aliphatic rings. The van der Waals surface area contributed by atoms with Crippen molar-refractivity contribution in [2.24, 2.45) is 0 Å². The molecule has 184 valence electrons. The Balaban J connectivity index is 2.01. The molecule has 0 aliphatic carbocycles. The minimum Gasteiger partial charge on any atom is -0.443 e. The number of nitrogens with zero attached hydrogens (tertiary/aromatic N) is 3. The van der Waals surface area contributed by atoms with Crippen molar-refractivity contribution in [1.82, 2.24) is 9.97 Å². The van der Waals surface area contributed by atoms with Gasteiger partial charge in [0.15, 0.2) is 0 Å². The number of imide groups is 1. The normalized spacial score (nSPS) is 17.5. The number of rotatable bonds is 2. The quantitative estimate of drug-likeness (QED) is 0.586. The molecule has 2 aromatic rings. The Hall–Kier alpha value is -2.72. The van der Waals surface area contributed by atoms with E-state index in [4.69, 9.17) is 18.8 Å². The van der Waals surface area contributed by atoms with Gasteiger partial charge in [0.25, 0.3) is 0 Å². The van der Waals surface area contributed by atoms with Gasteiger partial charge in [-0.25, -0.2) is 19.6 Å². The molecule has 0 N–H and O–H groups in total. The fraction of sp³-hybridized carbons (Fsp3) is 0.583. The van der Waals surface area contributed by atoms with E-state index in [1.807, 2.05) is 39.8 Å². The van der Waals surface area contributed by atoms with Gasteiger partial charge >= 0.3 is 19.3 Å². The molecule has 0 spiro atoms. The van der Waals surface area contributed by atoms with Crippen LogP contribution in [-0.4, -0.2) is 51.7 Å². The smallest absolute Gasteiger partial charge is 0.443 e. The zero-order chi connectivity index (χ0) is 25.7. The molecule has 10 heteroatoms. The molecule has 3 rings (SSSR count). The van der Waals surface area contributed by atoms with Gasteiger partial charge in [-0.2, -0.15) is 0 Å². The van der Waals surface area contributed by atoms with Crippen LogP contribution in [0, 0.1) is 0 Å². The van der Waals surface area contributed by atoms with Crippen molar-refractivity contribution >= 4 is 41.6 Å². The van der Waals surface area contributed by atoms with E-state index in [-0.39, 0.29) is 5.95 Å². The number of carbonyl (C=O) groups excluding carboxylic acids is 2. The Morgan fingerprint density at radius 1 is 0.912 bits per heavy atom. The number of carbonyl (C=O) groups is 2. The number of hydrogen-bond donors (Lipinski definition) is 0. The summed E-state index contributed by atoms with van der Waals surface area (Å²) in [6.45, 7) is 18.1. The second-order valence-corrected chi connectivity index (χ2v) is 11.4. The standard InChI is InChI=1S/C24H34BN3O6/c1-21(2,3)31-19(29)28(20(30)32-22(4,5)6)18-26-14-15-11-12-16(13-17(15)27-18)25-33-23(7,8)24(9,10)34-25/h11-14H,1-10H3. The van der Waals surface area contributed by atoms with Crippen LogP contribution in [0.4, 0.5) is 15.5 Å². The van der Waals surface area contributed by atoms with Crippen molar-refractivity contribution in [3.8, 4) is 0 Å². The summed E-state index contributed by atoms with van der Waals surface area (Å²) in [5, 5.41) is 0.720. The third-order valence-electron chi connectivity index (χ3n) is 5.47. The van der Waals surface area contributed by atoms with E-state index >= 15 is 0 Å². The number of ether oxygens (including phenoxy) is 2. The SMILES string of the molecule is CC(C)(C)OC(=O)N(C(=O)OC(C)(C)C)c1ncc2ccc(B3OC(C)(C)C(C)(C)O3)cc2n1. The van der Waals surface area contributed by atoms with Gasteiger partial charge in [-0.15, -0.1) is 4.90 Å². The lowest BCUT2D eigenvalue weighted by atomic mass is 9.79. The average molecular weight is 471 g/mol. The predicted molar refractivity (Wildman–Crippen MR) is 130 cm³/mol. The Bertz CT molecular complexity index is 1060. The van der Waals surface area contributed by atoms with Gasteiger partial charge in [0.1, 0.15) is 11.2 Å². The van der Waals surface area contributed by atoms with Crippen LogP contribution in [-0.2, 0) is 18.8 Å². The van der Waals surface area contributed by atoms with Crippen molar-refractivity contribution in [1.29, 1.82) is 0 Å².